The van der Waals surface area contributed by atoms with Gasteiger partial charge in [-0.05, 0) is 5.53 Å². The molecule has 1 aliphatic rings. The van der Waals surface area contributed by atoms with Crippen LogP contribution in [-0.4, -0.2) is 53.0 Å². The number of phosphoric acid groups is 3. The summed E-state index contributed by atoms with van der Waals surface area (Å²) in [4.78, 5) is 52.2. The first kappa shape index (κ1) is 28.3. The Morgan fingerprint density at radius 2 is 1.97 bits per heavy atom. The predicted octanol–water partition coefficient (Wildman–Crippen LogP) is -2.91. The van der Waals surface area contributed by atoms with Gasteiger partial charge in [-0.15, -0.1) is 0 Å². The second-order valence-electron chi connectivity index (χ2n) is 6.08. The van der Waals surface area contributed by atoms with Gasteiger partial charge in [0, 0.05) is 11.3 Å². The Morgan fingerprint density at radius 3 is 2.61 bits per heavy atom. The van der Waals surface area contributed by atoms with Crippen LogP contribution in [0.4, 0.5) is 5.82 Å². The summed E-state index contributed by atoms with van der Waals surface area (Å²) in [5.74, 6) is 0.109. The summed E-state index contributed by atoms with van der Waals surface area (Å²) >= 11 is 0. The number of phosphoric ester groups is 1. The van der Waals surface area contributed by atoms with Crippen LogP contribution in [0.1, 0.15) is 12.6 Å². The Balaban J connectivity index is 0.00000385. The molecule has 0 spiro atoms. The summed E-state index contributed by atoms with van der Waals surface area (Å²) in [5.41, 5.74) is 15.1. The molecule has 6 atom stereocenters. The number of nitrogen functional groups attached to an aromatic ring is 1. The van der Waals surface area contributed by atoms with Crippen molar-refractivity contribution in [1.82, 2.24) is 19.5 Å². The fraction of sp³-hybridized carbons (Fsp3) is 0.500. The third-order valence-electron chi connectivity index (χ3n) is 3.92. The van der Waals surface area contributed by atoms with Crippen molar-refractivity contribution in [3.8, 4) is 0 Å². The van der Waals surface area contributed by atoms with Crippen LogP contribution < -0.4 is 40.2 Å². The van der Waals surface area contributed by atoms with Gasteiger partial charge in [-0.3, -0.25) is 13.7 Å². The largest absolute Gasteiger partial charge is 1.00 e. The number of hydrogen-bond acceptors (Lipinski definition) is 13. The van der Waals surface area contributed by atoms with Crippen molar-refractivity contribution >= 4 is 40.4 Å². The molecule has 33 heavy (non-hydrogen) atoms. The maximum Gasteiger partial charge on any atom is 1.00 e. The number of nitrogens with two attached hydrogens (primary N) is 1. The van der Waals surface area contributed by atoms with E-state index in [-0.39, 0.29) is 47.3 Å². The van der Waals surface area contributed by atoms with Crippen molar-refractivity contribution in [3.05, 3.63) is 23.1 Å². The summed E-state index contributed by atoms with van der Waals surface area (Å²) in [6.07, 6.45) is 0.601. The van der Waals surface area contributed by atoms with Gasteiger partial charge in [-0.1, -0.05) is 5.11 Å². The van der Waals surface area contributed by atoms with Crippen LogP contribution in [0.25, 0.3) is 21.6 Å². The minimum Gasteiger partial charge on any atom is -0.756 e. The molecule has 3 heterocycles. The maximum atomic E-state index is 11.9. The van der Waals surface area contributed by atoms with Gasteiger partial charge in [0.25, 0.3) is 7.82 Å². The molecule has 1 aliphatic heterocycles. The van der Waals surface area contributed by atoms with E-state index < -0.39 is 48.4 Å². The molecule has 3 unspecified atom stereocenters. The van der Waals surface area contributed by atoms with Gasteiger partial charge in [0.2, 0.25) is 0 Å². The van der Waals surface area contributed by atoms with E-state index >= 15 is 0 Å². The average Bonchev–Trinajstić information content (AvgIpc) is 3.22. The van der Waals surface area contributed by atoms with E-state index in [9.17, 15) is 23.5 Å². The molecule has 1 saturated heterocycles. The third kappa shape index (κ3) is 7.50. The topological polar surface area (TPSA) is 290 Å². The molecule has 23 heteroatoms. The zero-order chi connectivity index (χ0) is 23.7. The molecule has 1 fully saturated rings. The summed E-state index contributed by atoms with van der Waals surface area (Å²) < 4.78 is 52.5. The fourth-order valence-corrected chi connectivity index (χ4v) is 5.77. The number of fused-ring (bicyclic) bond motifs is 1. The second kappa shape index (κ2) is 10.7. The summed E-state index contributed by atoms with van der Waals surface area (Å²) in [7, 11) is -16.9. The number of rotatable bonds is 9. The number of nitrogens with zero attached hydrogens (tertiary/aromatic N) is 7. The first-order chi connectivity index (χ1) is 14.8. The molecule has 3 rings (SSSR count). The van der Waals surface area contributed by atoms with Crippen LogP contribution in [-0.2, 0) is 31.6 Å². The monoisotopic (exact) mass is 538 g/mol. The smallest absolute Gasteiger partial charge is 0.756 e. The Morgan fingerprint density at radius 1 is 1.27 bits per heavy atom. The van der Waals surface area contributed by atoms with Crippen molar-refractivity contribution in [2.75, 3.05) is 12.3 Å². The maximum absolute atomic E-state index is 11.9. The number of azide groups is 1. The molecule has 5 N–H and O–H groups in total. The molecule has 2 aromatic heterocycles. The Hall–Kier alpha value is -0.970. The van der Waals surface area contributed by atoms with E-state index in [2.05, 4.69) is 38.1 Å². The summed E-state index contributed by atoms with van der Waals surface area (Å²) in [5, 5.41) is 3.52. The van der Waals surface area contributed by atoms with Crippen molar-refractivity contribution in [3.63, 3.8) is 0 Å². The van der Waals surface area contributed by atoms with Gasteiger partial charge in [0.05, 0.1) is 25.1 Å². The standard InChI is InChI=1S/C10H15N8O11P3.Na/c11-9-8-10(14-3-13-9)18(4-15-8)7-1-5(16-17-12)6(27-7)2-26-31(22,23)29-32(24,25)28-30(19,20)21;/h3-7H,1-2H2,(H,22,23)(H,24,25)(H2,11,13,14)(H2,19,20,21);/q;+1/p-1/t5-,6+,7+;/m0./s1. The van der Waals surface area contributed by atoms with Crippen LogP contribution in [0.5, 0.6) is 0 Å². The minimum absolute atomic E-state index is 0. The molecule has 19 nitrogen and oxygen atoms in total. The van der Waals surface area contributed by atoms with Crippen molar-refractivity contribution < 1.29 is 80.7 Å². The molecular weight excluding hydrogens is 524 g/mol. The average molecular weight is 538 g/mol. The molecule has 0 bridgehead atoms. The summed E-state index contributed by atoms with van der Waals surface area (Å²) in [6.45, 7) is -0.800. The molecular formula is C10H14N8NaO11P3. The van der Waals surface area contributed by atoms with E-state index in [1.165, 1.54) is 17.2 Å². The first-order valence-corrected chi connectivity index (χ1v) is 12.7. The van der Waals surface area contributed by atoms with E-state index in [0.717, 1.165) is 0 Å². The Bertz CT molecular complexity index is 1200. The second-order valence-corrected chi connectivity index (χ2v) is 10.5. The van der Waals surface area contributed by atoms with Crippen molar-refractivity contribution in [2.45, 2.75) is 24.8 Å². The third-order valence-corrected chi connectivity index (χ3v) is 7.69. The quantitative estimate of drug-likeness (QED) is 0.0818. The molecule has 2 aromatic rings. The molecule has 0 radical (unpaired) electrons. The first-order valence-electron chi connectivity index (χ1n) is 8.19. The van der Waals surface area contributed by atoms with E-state index in [4.69, 9.17) is 25.8 Å². The van der Waals surface area contributed by atoms with Crippen LogP contribution >= 0.6 is 23.5 Å². The van der Waals surface area contributed by atoms with Crippen molar-refractivity contribution in [2.24, 2.45) is 5.11 Å². The fourth-order valence-electron chi connectivity index (χ4n) is 2.77. The molecule has 176 valence electrons. The van der Waals surface area contributed by atoms with Crippen LogP contribution in [0.3, 0.4) is 0 Å². The molecule has 0 aliphatic carbocycles. The Labute approximate surface area is 205 Å². The van der Waals surface area contributed by atoms with Gasteiger partial charge in [0.15, 0.2) is 11.5 Å². The number of anilines is 1. The molecule has 0 aromatic carbocycles. The molecule has 0 amide bonds. The van der Waals surface area contributed by atoms with Gasteiger partial charge >= 0.3 is 45.2 Å². The van der Waals surface area contributed by atoms with E-state index in [0.29, 0.717) is 5.65 Å². The predicted molar refractivity (Wildman–Crippen MR) is 98.8 cm³/mol. The Kier molecular flexibility index (Phi) is 9.21. The van der Waals surface area contributed by atoms with Crippen LogP contribution in [0.2, 0.25) is 0 Å². The summed E-state index contributed by atoms with van der Waals surface area (Å²) in [6, 6.07) is -0.932. The zero-order valence-corrected chi connectivity index (χ0v) is 21.1. The van der Waals surface area contributed by atoms with Gasteiger partial charge in [-0.2, -0.15) is 4.31 Å². The SMILES string of the molecule is [N-]=[N+]=N[C@H]1C[C@H](n2cnc3c(N)ncnc32)O[C@@H]1COP(=O)(O)OP(=O)(O)OP(=O)([O-])O.[Na+]. The number of ether oxygens (including phenoxy) is 1. The number of aromatic nitrogens is 4. The van der Waals surface area contributed by atoms with Crippen LogP contribution in [0, 0.1) is 0 Å². The zero-order valence-electron chi connectivity index (χ0n) is 16.5. The minimum atomic E-state index is -5.78. The van der Waals surface area contributed by atoms with E-state index in [1.807, 2.05) is 0 Å². The van der Waals surface area contributed by atoms with Crippen molar-refractivity contribution in [1.29, 1.82) is 0 Å². The molecule has 0 saturated carbocycles. The normalized spacial score (nSPS) is 25.9. The van der Waals surface area contributed by atoms with Gasteiger partial charge in [-0.25, -0.2) is 28.4 Å². The van der Waals surface area contributed by atoms with E-state index in [1.54, 1.807) is 0 Å². The van der Waals surface area contributed by atoms with Crippen LogP contribution in [0.15, 0.2) is 17.8 Å². The number of imidazole rings is 1. The number of hydrogen-bond donors (Lipinski definition) is 4. The van der Waals surface area contributed by atoms with Gasteiger partial charge < -0.3 is 30.0 Å². The van der Waals surface area contributed by atoms with Gasteiger partial charge in [0.1, 0.15) is 18.1 Å².